The molecular weight excluding hydrogens is 246 g/mol. The van der Waals surface area contributed by atoms with Gasteiger partial charge in [-0.05, 0) is 12.8 Å². The van der Waals surface area contributed by atoms with Gasteiger partial charge in [0.2, 0.25) is 0 Å². The van der Waals surface area contributed by atoms with E-state index in [1.54, 1.807) is 12.4 Å². The number of halogens is 1. The Morgan fingerprint density at radius 1 is 1.71 bits per heavy atom. The summed E-state index contributed by atoms with van der Waals surface area (Å²) in [5, 5.41) is 7.27. The van der Waals surface area contributed by atoms with E-state index < -0.39 is 0 Å². The fourth-order valence-electron chi connectivity index (χ4n) is 1.46. The third-order valence-electron chi connectivity index (χ3n) is 2.32. The van der Waals surface area contributed by atoms with E-state index in [2.05, 4.69) is 26.1 Å². The molecule has 0 atom stereocenters. The molecule has 76 valence electrons. The van der Waals surface area contributed by atoms with E-state index in [-0.39, 0.29) is 5.91 Å². The molecule has 1 aliphatic rings. The minimum Gasteiger partial charge on any atom is -0.335 e. The Bertz CT molecular complexity index is 308. The summed E-state index contributed by atoms with van der Waals surface area (Å²) in [5.41, 5.74) is 0.651. The number of alkyl halides is 1. The van der Waals surface area contributed by atoms with Crippen LogP contribution in [0.25, 0.3) is 0 Å². The van der Waals surface area contributed by atoms with E-state index in [4.69, 9.17) is 0 Å². The maximum Gasteiger partial charge on any atom is 0.257 e. The average molecular weight is 258 g/mol. The predicted molar refractivity (Wildman–Crippen MR) is 56.4 cm³/mol. The molecule has 0 aliphatic heterocycles. The number of aromatic amines is 1. The van der Waals surface area contributed by atoms with Gasteiger partial charge in [0.15, 0.2) is 0 Å². The third-order valence-corrected chi connectivity index (χ3v) is 2.67. The second-order valence-corrected chi connectivity index (χ2v) is 4.20. The highest BCUT2D eigenvalue weighted by atomic mass is 79.9. The molecule has 2 rings (SSSR count). The van der Waals surface area contributed by atoms with Crippen molar-refractivity contribution < 1.29 is 4.79 Å². The van der Waals surface area contributed by atoms with Crippen LogP contribution in [0.5, 0.6) is 0 Å². The van der Waals surface area contributed by atoms with Crippen LogP contribution in [0.15, 0.2) is 12.4 Å². The normalized spacial score (nSPS) is 15.5. The summed E-state index contributed by atoms with van der Waals surface area (Å²) in [6, 6.07) is 0.454. The Morgan fingerprint density at radius 2 is 2.50 bits per heavy atom. The van der Waals surface area contributed by atoms with E-state index in [0.717, 1.165) is 24.7 Å². The first kappa shape index (κ1) is 9.71. The van der Waals surface area contributed by atoms with Crippen molar-refractivity contribution in [1.82, 2.24) is 15.1 Å². The van der Waals surface area contributed by atoms with E-state index >= 15 is 0 Å². The van der Waals surface area contributed by atoms with Crippen LogP contribution in [-0.4, -0.2) is 38.9 Å². The molecule has 0 bridgehead atoms. The molecule has 5 heteroatoms. The van der Waals surface area contributed by atoms with Gasteiger partial charge in [-0.15, -0.1) is 0 Å². The van der Waals surface area contributed by atoms with Crippen LogP contribution in [0.4, 0.5) is 0 Å². The summed E-state index contributed by atoms with van der Waals surface area (Å²) in [5.74, 6) is 0.0840. The standard InChI is InChI=1S/C9H12BrN3O/c10-3-4-13(8-1-2-8)9(14)7-5-11-12-6-7/h5-6,8H,1-4H2,(H,11,12). The van der Waals surface area contributed by atoms with Crippen LogP contribution in [0.3, 0.4) is 0 Å². The van der Waals surface area contributed by atoms with Crippen molar-refractivity contribution in [3.63, 3.8) is 0 Å². The highest BCUT2D eigenvalue weighted by Gasteiger charge is 2.32. The summed E-state index contributed by atoms with van der Waals surface area (Å²) < 4.78 is 0. The van der Waals surface area contributed by atoms with Crippen LogP contribution in [0, 0.1) is 0 Å². The molecule has 0 unspecified atom stereocenters. The Morgan fingerprint density at radius 3 is 3.00 bits per heavy atom. The molecule has 1 amide bonds. The third kappa shape index (κ3) is 1.97. The van der Waals surface area contributed by atoms with Crippen LogP contribution in [-0.2, 0) is 0 Å². The van der Waals surface area contributed by atoms with Crippen molar-refractivity contribution in [3.8, 4) is 0 Å². The molecule has 0 aromatic carbocycles. The van der Waals surface area contributed by atoms with Gasteiger partial charge >= 0.3 is 0 Å². The lowest BCUT2D eigenvalue weighted by molar-refractivity contribution is 0.0755. The summed E-state index contributed by atoms with van der Waals surface area (Å²) >= 11 is 3.36. The second kappa shape index (κ2) is 4.13. The number of nitrogens with one attached hydrogen (secondary N) is 1. The highest BCUT2D eigenvalue weighted by molar-refractivity contribution is 9.09. The molecule has 1 aromatic heterocycles. The van der Waals surface area contributed by atoms with Gasteiger partial charge in [-0.2, -0.15) is 5.10 Å². The molecule has 1 saturated carbocycles. The van der Waals surface area contributed by atoms with Crippen molar-refractivity contribution in [2.75, 3.05) is 11.9 Å². The minimum atomic E-state index is 0.0840. The molecule has 14 heavy (non-hydrogen) atoms. The quantitative estimate of drug-likeness (QED) is 0.830. The number of nitrogens with zero attached hydrogens (tertiary/aromatic N) is 2. The van der Waals surface area contributed by atoms with Crippen molar-refractivity contribution in [1.29, 1.82) is 0 Å². The fraction of sp³-hybridized carbons (Fsp3) is 0.556. The van der Waals surface area contributed by atoms with E-state index in [9.17, 15) is 4.79 Å². The van der Waals surface area contributed by atoms with Crippen molar-refractivity contribution in [2.45, 2.75) is 18.9 Å². The van der Waals surface area contributed by atoms with Gasteiger partial charge in [-0.3, -0.25) is 9.89 Å². The van der Waals surface area contributed by atoms with Crippen LogP contribution in [0.1, 0.15) is 23.2 Å². The number of aromatic nitrogens is 2. The molecule has 1 fully saturated rings. The van der Waals surface area contributed by atoms with Crippen LogP contribution < -0.4 is 0 Å². The van der Waals surface area contributed by atoms with Crippen LogP contribution in [0.2, 0.25) is 0 Å². The van der Waals surface area contributed by atoms with Gasteiger partial charge in [0.05, 0.1) is 11.8 Å². The molecule has 0 saturated heterocycles. The van der Waals surface area contributed by atoms with E-state index in [1.807, 2.05) is 4.90 Å². The van der Waals surface area contributed by atoms with Crippen molar-refractivity contribution in [3.05, 3.63) is 18.0 Å². The van der Waals surface area contributed by atoms with Gasteiger partial charge < -0.3 is 4.90 Å². The topological polar surface area (TPSA) is 49.0 Å². The predicted octanol–water partition coefficient (Wildman–Crippen LogP) is 1.41. The molecular formula is C9H12BrN3O. The maximum atomic E-state index is 11.9. The Kier molecular flexibility index (Phi) is 2.86. The lowest BCUT2D eigenvalue weighted by atomic mass is 10.3. The Labute approximate surface area is 90.8 Å². The number of carbonyl (C=O) groups excluding carboxylic acids is 1. The zero-order chi connectivity index (χ0) is 9.97. The molecule has 1 heterocycles. The number of hydrogen-bond acceptors (Lipinski definition) is 2. The van der Waals surface area contributed by atoms with E-state index in [0.29, 0.717) is 11.6 Å². The zero-order valence-corrected chi connectivity index (χ0v) is 9.33. The first-order chi connectivity index (χ1) is 6.83. The smallest absolute Gasteiger partial charge is 0.257 e. The SMILES string of the molecule is O=C(c1cn[nH]c1)N(CCBr)C1CC1. The van der Waals surface area contributed by atoms with Gasteiger partial charge in [-0.25, -0.2) is 0 Å². The summed E-state index contributed by atoms with van der Waals surface area (Å²) in [4.78, 5) is 13.8. The van der Waals surface area contributed by atoms with E-state index in [1.165, 1.54) is 0 Å². The summed E-state index contributed by atoms with van der Waals surface area (Å²) in [6.07, 6.45) is 5.49. The number of carbonyl (C=O) groups is 1. The number of H-pyrrole nitrogens is 1. The lowest BCUT2D eigenvalue weighted by Crippen LogP contribution is -2.34. The fourth-order valence-corrected chi connectivity index (χ4v) is 1.84. The minimum absolute atomic E-state index is 0.0840. The molecule has 0 radical (unpaired) electrons. The molecule has 0 spiro atoms. The van der Waals surface area contributed by atoms with Crippen molar-refractivity contribution >= 4 is 21.8 Å². The highest BCUT2D eigenvalue weighted by Crippen LogP contribution is 2.27. The average Bonchev–Trinajstić information content (AvgIpc) is 2.88. The van der Waals surface area contributed by atoms with Gasteiger partial charge in [-0.1, -0.05) is 15.9 Å². The van der Waals surface area contributed by atoms with Gasteiger partial charge in [0.25, 0.3) is 5.91 Å². The molecule has 4 nitrogen and oxygen atoms in total. The number of hydrogen-bond donors (Lipinski definition) is 1. The summed E-state index contributed by atoms with van der Waals surface area (Å²) in [7, 11) is 0. The summed E-state index contributed by atoms with van der Waals surface area (Å²) in [6.45, 7) is 0.772. The number of amides is 1. The second-order valence-electron chi connectivity index (χ2n) is 3.41. The monoisotopic (exact) mass is 257 g/mol. The van der Waals surface area contributed by atoms with Gasteiger partial charge in [0, 0.05) is 24.1 Å². The zero-order valence-electron chi connectivity index (χ0n) is 7.74. The van der Waals surface area contributed by atoms with Gasteiger partial charge in [0.1, 0.15) is 0 Å². The first-order valence-corrected chi connectivity index (χ1v) is 5.81. The maximum absolute atomic E-state index is 11.9. The van der Waals surface area contributed by atoms with Crippen LogP contribution >= 0.6 is 15.9 Å². The lowest BCUT2D eigenvalue weighted by Gasteiger charge is -2.20. The molecule has 1 aliphatic carbocycles. The first-order valence-electron chi connectivity index (χ1n) is 4.68. The molecule has 1 aromatic rings. The molecule has 1 N–H and O–H groups in total. The Hall–Kier alpha value is -0.840. The largest absolute Gasteiger partial charge is 0.335 e. The Balaban J connectivity index is 2.07. The number of rotatable bonds is 4. The van der Waals surface area contributed by atoms with Crippen molar-refractivity contribution in [2.24, 2.45) is 0 Å².